The largest absolute Gasteiger partial charge is 0.500 e. The van der Waals surface area contributed by atoms with Gasteiger partial charge in [0.15, 0.2) is 6.10 Å². The van der Waals surface area contributed by atoms with Gasteiger partial charge in [-0.3, -0.25) is 14.6 Å². The van der Waals surface area contributed by atoms with E-state index in [1.54, 1.807) is 24.5 Å². The molecule has 1 amide bonds. The maximum atomic E-state index is 12.5. The van der Waals surface area contributed by atoms with Gasteiger partial charge in [-0.2, -0.15) is 9.42 Å². The molecule has 2 rings (SSSR count). The molecular weight excluding hydrogens is 361 g/mol. The molecule has 1 aromatic heterocycles. The van der Waals surface area contributed by atoms with E-state index in [2.05, 4.69) is 20.1 Å². The fraction of sp³-hybridized carbons (Fsp3) is 0.562. The van der Waals surface area contributed by atoms with Crippen LogP contribution >= 0.6 is 8.09 Å². The zero-order valence-electron chi connectivity index (χ0n) is 15.1. The molecule has 0 aliphatic carbocycles. The molecule has 144 valence electrons. The summed E-state index contributed by atoms with van der Waals surface area (Å²) in [7, 11) is -2.11. The smallest absolute Gasteiger partial charge is 0.469 e. The Bertz CT molecular complexity index is 630. The lowest BCUT2D eigenvalue weighted by Gasteiger charge is -2.37. The third-order valence-corrected chi connectivity index (χ3v) is 5.43. The summed E-state index contributed by atoms with van der Waals surface area (Å²) in [5, 5.41) is 5.50. The van der Waals surface area contributed by atoms with Crippen molar-refractivity contribution in [3.63, 3.8) is 0 Å². The summed E-state index contributed by atoms with van der Waals surface area (Å²) >= 11 is 0. The summed E-state index contributed by atoms with van der Waals surface area (Å²) in [4.78, 5) is 38.2. The molecule has 0 saturated carbocycles. The highest BCUT2D eigenvalue weighted by Crippen LogP contribution is 2.59. The predicted octanol–water partition coefficient (Wildman–Crippen LogP) is 0.962. The van der Waals surface area contributed by atoms with Crippen LogP contribution in [0.2, 0.25) is 0 Å². The highest BCUT2D eigenvalue weighted by atomic mass is 31.2. The average molecular weight is 386 g/mol. The van der Waals surface area contributed by atoms with Crippen molar-refractivity contribution in [3.8, 4) is 0 Å². The monoisotopic (exact) mass is 386 g/mol. The molecule has 3 N–H and O–H groups in total. The van der Waals surface area contributed by atoms with Gasteiger partial charge >= 0.3 is 14.1 Å². The molecule has 2 atom stereocenters. The molecule has 26 heavy (non-hydrogen) atoms. The molecule has 0 spiro atoms. The highest BCUT2D eigenvalue weighted by molar-refractivity contribution is 7.58. The Morgan fingerprint density at radius 3 is 2.77 bits per heavy atom. The molecule has 0 bridgehead atoms. The van der Waals surface area contributed by atoms with E-state index in [4.69, 9.17) is 9.05 Å². The first-order valence-corrected chi connectivity index (χ1v) is 9.77. The van der Waals surface area contributed by atoms with E-state index in [-0.39, 0.29) is 19.6 Å². The molecule has 0 aromatic carbocycles. The van der Waals surface area contributed by atoms with Crippen LogP contribution in [0.3, 0.4) is 0 Å². The Morgan fingerprint density at radius 2 is 2.12 bits per heavy atom. The van der Waals surface area contributed by atoms with Crippen molar-refractivity contribution < 1.29 is 28.3 Å². The van der Waals surface area contributed by atoms with Crippen molar-refractivity contribution in [3.05, 3.63) is 30.1 Å². The van der Waals surface area contributed by atoms with E-state index in [0.29, 0.717) is 6.54 Å². The van der Waals surface area contributed by atoms with Crippen molar-refractivity contribution in [1.29, 1.82) is 0 Å². The second kappa shape index (κ2) is 8.83. The number of nitrogens with zero attached hydrogens (tertiary/aromatic N) is 1. The van der Waals surface area contributed by atoms with Gasteiger partial charge < -0.3 is 10.1 Å². The van der Waals surface area contributed by atoms with Gasteiger partial charge in [0, 0.05) is 24.4 Å². The van der Waals surface area contributed by atoms with Crippen molar-refractivity contribution in [2.75, 3.05) is 20.3 Å². The number of ether oxygens (including phenoxy) is 1. The number of hydrogen-bond acceptors (Lipinski definition) is 8. The second-order valence-electron chi connectivity index (χ2n) is 6.58. The number of methoxy groups -OCH3 is 1. The molecule has 1 aromatic rings. The summed E-state index contributed by atoms with van der Waals surface area (Å²) in [6, 6.07) is 3.59. The lowest BCUT2D eigenvalue weighted by molar-refractivity contribution is -0.142. The van der Waals surface area contributed by atoms with Crippen LogP contribution < -0.4 is 10.4 Å². The molecule has 10 heteroatoms. The first-order valence-electron chi connectivity index (χ1n) is 8.19. The van der Waals surface area contributed by atoms with E-state index in [0.717, 1.165) is 5.56 Å². The minimum atomic E-state index is -3.40. The van der Waals surface area contributed by atoms with Crippen molar-refractivity contribution in [2.45, 2.75) is 32.9 Å². The third-order valence-electron chi connectivity index (χ3n) is 3.90. The zero-order chi connectivity index (χ0) is 19.2. The van der Waals surface area contributed by atoms with Crippen molar-refractivity contribution >= 4 is 20.0 Å². The van der Waals surface area contributed by atoms with Gasteiger partial charge in [-0.1, -0.05) is 13.8 Å². The summed E-state index contributed by atoms with van der Waals surface area (Å²) in [6.45, 7) is 4.21. The minimum absolute atomic E-state index is 0.0611. The predicted molar refractivity (Wildman–Crippen MR) is 94.5 cm³/mol. The Hall–Kier alpha value is -1.64. The summed E-state index contributed by atoms with van der Waals surface area (Å²) in [5.74, 6) is -0.827. The molecule has 1 aliphatic rings. The standard InChI is InChI=1S/C16H24N3O6P/c1-16(2)11-24-26(22,19-10-12-4-7-17-8-5-12)25-14(16)15(21)18-9-6-13(20)23-3/h4-5,7-8,14,19,22H,6,9-11H2,1-3H3/p+1/t14-,26?/m0/s1. The molecule has 2 heterocycles. The van der Waals surface area contributed by atoms with Crippen LogP contribution in [0.15, 0.2) is 24.5 Å². The van der Waals surface area contributed by atoms with Gasteiger partial charge in [-0.25, -0.2) is 0 Å². The van der Waals surface area contributed by atoms with Gasteiger partial charge in [0.2, 0.25) is 0 Å². The maximum absolute atomic E-state index is 12.5. The fourth-order valence-electron chi connectivity index (χ4n) is 2.31. The van der Waals surface area contributed by atoms with Gasteiger partial charge in [-0.15, -0.1) is 9.61 Å². The minimum Gasteiger partial charge on any atom is -0.469 e. The van der Waals surface area contributed by atoms with Gasteiger partial charge in [0.05, 0.1) is 20.1 Å². The number of amides is 1. The number of pyridine rings is 1. The molecular formula is C16H25N3O6P+. The van der Waals surface area contributed by atoms with Crippen LogP contribution in [0.4, 0.5) is 0 Å². The molecule has 1 fully saturated rings. The summed E-state index contributed by atoms with van der Waals surface area (Å²) in [5.41, 5.74) is 0.254. The zero-order valence-corrected chi connectivity index (χ0v) is 16.0. The van der Waals surface area contributed by atoms with Crippen LogP contribution in [0.1, 0.15) is 25.8 Å². The molecule has 1 saturated heterocycles. The van der Waals surface area contributed by atoms with E-state index in [1.807, 2.05) is 13.8 Å². The Morgan fingerprint density at radius 1 is 1.42 bits per heavy atom. The van der Waals surface area contributed by atoms with Crippen LogP contribution in [-0.4, -0.2) is 48.1 Å². The number of hydrogen-bond donors (Lipinski definition) is 3. The van der Waals surface area contributed by atoms with E-state index >= 15 is 0 Å². The topological polar surface area (TPSA) is 119 Å². The Labute approximate surface area is 153 Å². The molecule has 1 aliphatic heterocycles. The van der Waals surface area contributed by atoms with Crippen LogP contribution in [0, 0.1) is 5.41 Å². The summed E-state index contributed by atoms with van der Waals surface area (Å²) < 4.78 is 15.7. The van der Waals surface area contributed by atoms with Crippen LogP contribution in [0.5, 0.6) is 0 Å². The fourth-order valence-corrected chi connectivity index (χ4v) is 4.09. The maximum Gasteiger partial charge on any atom is 0.500 e. The number of carbonyl (C=O) groups is 2. The molecule has 0 radical (unpaired) electrons. The second-order valence-corrected chi connectivity index (χ2v) is 8.40. The number of carbonyl (C=O) groups excluding carboxylic acids is 2. The Balaban J connectivity index is 1.95. The number of aromatic nitrogens is 1. The first-order chi connectivity index (χ1) is 12.3. The van der Waals surface area contributed by atoms with Gasteiger partial charge in [-0.05, 0) is 17.7 Å². The number of nitrogens with one attached hydrogen (secondary N) is 2. The van der Waals surface area contributed by atoms with E-state index in [9.17, 15) is 14.5 Å². The van der Waals surface area contributed by atoms with Crippen molar-refractivity contribution in [1.82, 2.24) is 15.4 Å². The van der Waals surface area contributed by atoms with Gasteiger partial charge in [0.1, 0.15) is 6.61 Å². The summed E-state index contributed by atoms with van der Waals surface area (Å²) in [6.07, 6.45) is 2.43. The molecule has 9 nitrogen and oxygen atoms in total. The lowest BCUT2D eigenvalue weighted by atomic mass is 9.87. The van der Waals surface area contributed by atoms with Gasteiger partial charge in [0.25, 0.3) is 5.91 Å². The quantitative estimate of drug-likeness (QED) is 0.468. The molecule has 1 unspecified atom stereocenters. The average Bonchev–Trinajstić information content (AvgIpc) is 2.63. The van der Waals surface area contributed by atoms with Crippen LogP contribution in [0.25, 0.3) is 0 Å². The van der Waals surface area contributed by atoms with Crippen LogP contribution in [-0.2, 0) is 29.9 Å². The van der Waals surface area contributed by atoms with E-state index < -0.39 is 31.5 Å². The first kappa shape index (κ1) is 20.7. The SMILES string of the molecule is COC(=O)CCNC(=O)[C@@H]1O[P+](O)(NCc2ccncc2)OCC1(C)C. The number of esters is 1. The lowest BCUT2D eigenvalue weighted by Crippen LogP contribution is -2.51. The normalized spacial score (nSPS) is 24.7. The van der Waals surface area contributed by atoms with Crippen molar-refractivity contribution in [2.24, 2.45) is 5.41 Å². The highest BCUT2D eigenvalue weighted by Gasteiger charge is 2.57. The third kappa shape index (κ3) is 5.69. The number of rotatable bonds is 7. The van der Waals surface area contributed by atoms with E-state index in [1.165, 1.54) is 7.11 Å². The Kier molecular flexibility index (Phi) is 7.02.